The van der Waals surface area contributed by atoms with Crippen LogP contribution in [-0.4, -0.2) is 65.1 Å². The van der Waals surface area contributed by atoms with Crippen molar-refractivity contribution in [2.45, 2.75) is 95.4 Å². The number of allylic oxidation sites excluding steroid dienone is 1. The van der Waals surface area contributed by atoms with Crippen LogP contribution in [0.2, 0.25) is 0 Å². The second-order valence-electron chi connectivity index (χ2n) is 9.76. The van der Waals surface area contributed by atoms with Gasteiger partial charge in [0.05, 0.1) is 11.5 Å². The highest BCUT2D eigenvalue weighted by Crippen LogP contribution is 2.64. The number of hydrogen-bond donors (Lipinski definition) is 6. The Bertz CT molecular complexity index is 722. The summed E-state index contributed by atoms with van der Waals surface area (Å²) >= 11 is 0. The highest BCUT2D eigenvalue weighted by atomic mass is 16.6. The first-order valence-electron chi connectivity index (χ1n) is 9.55. The van der Waals surface area contributed by atoms with E-state index in [9.17, 15) is 35.4 Å². The Morgan fingerprint density at radius 3 is 2.07 bits per heavy atom. The summed E-state index contributed by atoms with van der Waals surface area (Å²) in [7, 11) is 0. The van der Waals surface area contributed by atoms with E-state index in [0.29, 0.717) is 12.0 Å². The third-order valence-corrected chi connectivity index (χ3v) is 8.30. The Labute approximate surface area is 159 Å². The van der Waals surface area contributed by atoms with Gasteiger partial charge in [-0.2, -0.15) is 0 Å². The van der Waals surface area contributed by atoms with E-state index in [1.807, 2.05) is 6.92 Å². The van der Waals surface area contributed by atoms with Crippen molar-refractivity contribution in [2.24, 2.45) is 10.8 Å². The first kappa shape index (κ1) is 20.9. The molecule has 3 aliphatic rings. The molecule has 0 saturated heterocycles. The zero-order chi connectivity index (χ0) is 20.8. The SMILES string of the molecule is CC1=C2CC(=O)[C@]3(C)CCC(O)[C@](C)(O)[C@@]3(O)C(O)(O)[C@](O)(CC1)C2(C)C. The standard InChI is InChI=1S/C20H32O7/c1-11-6-9-18(24)15(2,3)12(11)10-14(22)16(4)8-7-13(21)17(5,23)19(16,25)20(18,26)27/h13,21,23-27H,6-10H2,1-5H3/t13?,16-,17-,18-,19+/m0/s1. The molecule has 2 fully saturated rings. The van der Waals surface area contributed by atoms with Crippen molar-refractivity contribution >= 4 is 5.78 Å². The second kappa shape index (κ2) is 5.40. The van der Waals surface area contributed by atoms with Crippen LogP contribution >= 0.6 is 0 Å². The minimum atomic E-state index is -3.26. The number of aliphatic hydroxyl groups excluding tert-OH is 1. The summed E-state index contributed by atoms with van der Waals surface area (Å²) < 4.78 is 0. The number of hydrogen-bond acceptors (Lipinski definition) is 7. The number of carbonyl (C=O) groups is 1. The average molecular weight is 384 g/mol. The summed E-state index contributed by atoms with van der Waals surface area (Å²) in [6.07, 6.45) is -1.35. The highest BCUT2D eigenvalue weighted by Gasteiger charge is 2.81. The Morgan fingerprint density at radius 1 is 0.963 bits per heavy atom. The van der Waals surface area contributed by atoms with Crippen molar-refractivity contribution in [2.75, 3.05) is 0 Å². The van der Waals surface area contributed by atoms with Gasteiger partial charge in [-0.3, -0.25) is 4.79 Å². The van der Waals surface area contributed by atoms with Gasteiger partial charge in [0.1, 0.15) is 17.0 Å². The lowest BCUT2D eigenvalue weighted by Gasteiger charge is -2.67. The van der Waals surface area contributed by atoms with Gasteiger partial charge in [-0.05, 0) is 46.5 Å². The van der Waals surface area contributed by atoms with Crippen LogP contribution in [0.1, 0.15) is 66.7 Å². The minimum absolute atomic E-state index is 0.00742. The van der Waals surface area contributed by atoms with Crippen molar-refractivity contribution in [3.05, 3.63) is 11.1 Å². The molecule has 0 aromatic heterocycles. The molecule has 2 saturated carbocycles. The van der Waals surface area contributed by atoms with E-state index < -0.39 is 45.3 Å². The minimum Gasteiger partial charge on any atom is -0.390 e. The molecule has 0 aliphatic heterocycles. The van der Waals surface area contributed by atoms with Gasteiger partial charge < -0.3 is 30.6 Å². The second-order valence-corrected chi connectivity index (χ2v) is 9.76. The zero-order valence-electron chi connectivity index (χ0n) is 16.7. The third kappa shape index (κ3) is 2.00. The number of fused-ring (bicyclic) bond motifs is 3. The Balaban J connectivity index is 2.42. The topological polar surface area (TPSA) is 138 Å². The van der Waals surface area contributed by atoms with E-state index in [4.69, 9.17) is 0 Å². The first-order valence-corrected chi connectivity index (χ1v) is 9.55. The molecule has 5 atom stereocenters. The summed E-state index contributed by atoms with van der Waals surface area (Å²) in [6, 6.07) is 0. The maximum atomic E-state index is 13.4. The van der Waals surface area contributed by atoms with Gasteiger partial charge in [-0.1, -0.05) is 25.0 Å². The van der Waals surface area contributed by atoms with Gasteiger partial charge in [0.25, 0.3) is 0 Å². The number of aliphatic hydroxyl groups is 6. The Kier molecular flexibility index (Phi) is 4.18. The monoisotopic (exact) mass is 384 g/mol. The molecule has 6 N–H and O–H groups in total. The van der Waals surface area contributed by atoms with Crippen LogP contribution in [0.3, 0.4) is 0 Å². The molecular weight excluding hydrogens is 352 g/mol. The van der Waals surface area contributed by atoms with Crippen molar-refractivity contribution in [1.29, 1.82) is 0 Å². The van der Waals surface area contributed by atoms with Gasteiger partial charge in [-0.15, -0.1) is 0 Å². The van der Waals surface area contributed by atoms with Crippen LogP contribution in [0.4, 0.5) is 0 Å². The Morgan fingerprint density at radius 2 is 1.52 bits per heavy atom. The van der Waals surface area contributed by atoms with Gasteiger partial charge in [-0.25, -0.2) is 0 Å². The lowest BCUT2D eigenvalue weighted by atomic mass is 9.43. The quantitative estimate of drug-likeness (QED) is 0.258. The lowest BCUT2D eigenvalue weighted by molar-refractivity contribution is -0.434. The number of ketones is 1. The largest absolute Gasteiger partial charge is 0.390 e. The molecule has 1 unspecified atom stereocenters. The van der Waals surface area contributed by atoms with Crippen molar-refractivity contribution in [3.63, 3.8) is 0 Å². The van der Waals surface area contributed by atoms with Gasteiger partial charge in [0.15, 0.2) is 5.60 Å². The normalized spacial score (nSPS) is 49.3. The van der Waals surface area contributed by atoms with Crippen LogP contribution in [0, 0.1) is 10.8 Å². The molecule has 0 aromatic carbocycles. The fourth-order valence-corrected chi connectivity index (χ4v) is 6.02. The zero-order valence-corrected chi connectivity index (χ0v) is 16.7. The number of rotatable bonds is 0. The van der Waals surface area contributed by atoms with Gasteiger partial charge >= 0.3 is 0 Å². The van der Waals surface area contributed by atoms with Crippen LogP contribution in [0.15, 0.2) is 11.1 Å². The van der Waals surface area contributed by atoms with E-state index in [1.165, 1.54) is 6.92 Å². The molecule has 7 heteroatoms. The average Bonchev–Trinajstić information content (AvgIpc) is 2.56. The van der Waals surface area contributed by atoms with Crippen LogP contribution in [0.5, 0.6) is 0 Å². The van der Waals surface area contributed by atoms with E-state index in [2.05, 4.69) is 0 Å². The van der Waals surface area contributed by atoms with Crippen molar-refractivity contribution in [3.8, 4) is 0 Å². The molecule has 0 amide bonds. The lowest BCUT2D eigenvalue weighted by Crippen LogP contribution is -2.87. The highest BCUT2D eigenvalue weighted by molar-refractivity contribution is 5.89. The predicted molar refractivity (Wildman–Crippen MR) is 96.4 cm³/mol. The Hall–Kier alpha value is -0.830. The van der Waals surface area contributed by atoms with Gasteiger partial charge in [0, 0.05) is 11.8 Å². The van der Waals surface area contributed by atoms with Crippen LogP contribution in [0.25, 0.3) is 0 Å². The maximum Gasteiger partial charge on any atom is 0.227 e. The summed E-state index contributed by atoms with van der Waals surface area (Å²) in [4.78, 5) is 13.4. The van der Waals surface area contributed by atoms with E-state index in [-0.39, 0.29) is 25.7 Å². The molecule has 0 spiro atoms. The van der Waals surface area contributed by atoms with E-state index in [1.54, 1.807) is 13.8 Å². The smallest absolute Gasteiger partial charge is 0.227 e. The molecule has 0 radical (unpaired) electrons. The summed E-state index contributed by atoms with van der Waals surface area (Å²) in [5, 5.41) is 67.5. The van der Waals surface area contributed by atoms with E-state index in [0.717, 1.165) is 12.5 Å². The number of carbonyl (C=O) groups excluding carboxylic acids is 1. The molecule has 3 aliphatic carbocycles. The maximum absolute atomic E-state index is 13.4. The third-order valence-electron chi connectivity index (χ3n) is 8.30. The first-order chi connectivity index (χ1) is 12.0. The molecule has 0 aromatic rings. The summed E-state index contributed by atoms with van der Waals surface area (Å²) in [5.41, 5.74) is -9.04. The molecular formula is C20H32O7. The van der Waals surface area contributed by atoms with Crippen molar-refractivity contribution < 1.29 is 35.4 Å². The molecule has 27 heavy (non-hydrogen) atoms. The predicted octanol–water partition coefficient (Wildman–Crippen LogP) is 0.151. The summed E-state index contributed by atoms with van der Waals surface area (Å²) in [5.74, 6) is -3.71. The van der Waals surface area contributed by atoms with E-state index >= 15 is 0 Å². The molecule has 154 valence electrons. The molecule has 7 nitrogen and oxygen atoms in total. The molecule has 2 bridgehead atoms. The number of Topliss-reactive ketones (excluding diaryl/α,β-unsaturated/α-hetero) is 1. The molecule has 3 rings (SSSR count). The van der Waals surface area contributed by atoms with Crippen LogP contribution in [-0.2, 0) is 4.79 Å². The fourth-order valence-electron chi connectivity index (χ4n) is 6.02. The van der Waals surface area contributed by atoms with Crippen molar-refractivity contribution in [1.82, 2.24) is 0 Å². The van der Waals surface area contributed by atoms with Gasteiger partial charge in [0.2, 0.25) is 5.79 Å². The van der Waals surface area contributed by atoms with Crippen LogP contribution < -0.4 is 0 Å². The molecule has 0 heterocycles. The summed E-state index contributed by atoms with van der Waals surface area (Å²) in [6.45, 7) is 7.55. The fraction of sp³-hybridized carbons (Fsp3) is 0.850.